The second-order valence-corrected chi connectivity index (χ2v) is 7.43. The van der Waals surface area contributed by atoms with Gasteiger partial charge in [-0.3, -0.25) is 0 Å². The average Bonchev–Trinajstić information content (AvgIpc) is 2.67. The van der Waals surface area contributed by atoms with Gasteiger partial charge in [0.2, 0.25) is 0 Å². The van der Waals surface area contributed by atoms with Crippen molar-refractivity contribution in [3.63, 3.8) is 0 Å². The van der Waals surface area contributed by atoms with Crippen LogP contribution in [0.1, 0.15) is 37.5 Å². The minimum atomic E-state index is -0.00949. The van der Waals surface area contributed by atoms with Crippen molar-refractivity contribution in [1.29, 1.82) is 10.5 Å². The molecule has 3 aromatic carbocycles. The van der Waals surface area contributed by atoms with E-state index in [2.05, 4.69) is 51.1 Å². The first-order valence-electron chi connectivity index (χ1n) is 8.57. The first-order chi connectivity index (χ1) is 12.4. The van der Waals surface area contributed by atoms with Crippen molar-refractivity contribution >= 4 is 0 Å². The Bertz CT molecular complexity index is 965. The Balaban J connectivity index is 2.22. The monoisotopic (exact) mass is 336 g/mol. The fourth-order valence-corrected chi connectivity index (χ4v) is 2.93. The lowest BCUT2D eigenvalue weighted by atomic mass is 9.83. The van der Waals surface area contributed by atoms with Crippen LogP contribution in [0.3, 0.4) is 0 Å². The number of hydrogen-bond acceptors (Lipinski definition) is 2. The molecule has 26 heavy (non-hydrogen) atoms. The maximum Gasteiger partial charge on any atom is 0.0991 e. The van der Waals surface area contributed by atoms with Crippen LogP contribution in [0.25, 0.3) is 22.3 Å². The summed E-state index contributed by atoms with van der Waals surface area (Å²) in [5, 5.41) is 18.4. The number of hydrogen-bond donors (Lipinski definition) is 0. The molecule has 0 fully saturated rings. The first-order valence-corrected chi connectivity index (χ1v) is 8.57. The zero-order valence-corrected chi connectivity index (χ0v) is 15.2. The molecule has 0 atom stereocenters. The molecule has 0 aliphatic carbocycles. The van der Waals surface area contributed by atoms with Crippen LogP contribution in [-0.2, 0) is 5.41 Å². The van der Waals surface area contributed by atoms with Crippen LogP contribution in [0.15, 0.2) is 66.7 Å². The van der Waals surface area contributed by atoms with Crippen molar-refractivity contribution in [2.75, 3.05) is 0 Å². The van der Waals surface area contributed by atoms with Gasteiger partial charge in [0.1, 0.15) is 0 Å². The fourth-order valence-electron chi connectivity index (χ4n) is 2.93. The molecule has 0 spiro atoms. The number of benzene rings is 3. The maximum absolute atomic E-state index is 9.20. The molecule has 126 valence electrons. The summed E-state index contributed by atoms with van der Waals surface area (Å²) in [5.74, 6) is 0. The van der Waals surface area contributed by atoms with Crippen LogP contribution in [0.4, 0.5) is 0 Å². The predicted molar refractivity (Wildman–Crippen MR) is 105 cm³/mol. The third kappa shape index (κ3) is 3.66. The van der Waals surface area contributed by atoms with Crippen molar-refractivity contribution in [3.8, 4) is 34.4 Å². The summed E-state index contributed by atoms with van der Waals surface area (Å²) < 4.78 is 0. The van der Waals surface area contributed by atoms with Crippen LogP contribution >= 0.6 is 0 Å². The Hall–Kier alpha value is -3.36. The molecule has 0 aliphatic rings. The van der Waals surface area contributed by atoms with E-state index in [1.807, 2.05) is 48.5 Å². The highest BCUT2D eigenvalue weighted by atomic mass is 14.2. The molecule has 0 N–H and O–H groups in total. The van der Waals surface area contributed by atoms with Gasteiger partial charge in [-0.15, -0.1) is 0 Å². The quantitative estimate of drug-likeness (QED) is 0.571. The molecule has 0 saturated heterocycles. The van der Waals surface area contributed by atoms with E-state index in [0.717, 1.165) is 22.3 Å². The molecule has 0 amide bonds. The zero-order chi connectivity index (χ0) is 18.7. The van der Waals surface area contributed by atoms with Crippen molar-refractivity contribution in [1.82, 2.24) is 0 Å². The van der Waals surface area contributed by atoms with E-state index in [1.165, 1.54) is 5.56 Å². The second kappa shape index (κ2) is 6.87. The molecule has 0 bridgehead atoms. The van der Waals surface area contributed by atoms with Crippen molar-refractivity contribution < 1.29 is 0 Å². The first kappa shape index (κ1) is 17.5. The Labute approximate surface area is 155 Å². The van der Waals surface area contributed by atoms with Gasteiger partial charge in [-0.25, -0.2) is 0 Å². The minimum absolute atomic E-state index is 0.00949. The van der Waals surface area contributed by atoms with E-state index >= 15 is 0 Å². The third-order valence-electron chi connectivity index (χ3n) is 4.45. The standard InChI is InChI=1S/C24H20N2/c1-24(2,3)23-13-21(19-8-4-6-17(10-19)15-25)12-22(14-23)20-9-5-7-18(11-20)16-26/h4-14H,1-3H3. The van der Waals surface area contributed by atoms with Gasteiger partial charge in [-0.2, -0.15) is 10.5 Å². The molecular weight excluding hydrogens is 316 g/mol. The molecule has 3 rings (SSSR count). The molecule has 0 heterocycles. The van der Waals surface area contributed by atoms with Crippen LogP contribution < -0.4 is 0 Å². The minimum Gasteiger partial charge on any atom is -0.192 e. The molecule has 2 heteroatoms. The Kier molecular flexibility index (Phi) is 4.61. The normalized spacial score (nSPS) is 10.8. The number of nitrogens with zero attached hydrogens (tertiary/aromatic N) is 2. The Morgan fingerprint density at radius 1 is 0.615 bits per heavy atom. The SMILES string of the molecule is CC(C)(C)c1cc(-c2cccc(C#N)c2)cc(-c2cccc(C#N)c2)c1. The average molecular weight is 336 g/mol. The van der Waals surface area contributed by atoms with Crippen molar-refractivity contribution in [2.45, 2.75) is 26.2 Å². The van der Waals surface area contributed by atoms with E-state index in [9.17, 15) is 10.5 Å². The van der Waals surface area contributed by atoms with E-state index in [-0.39, 0.29) is 5.41 Å². The second-order valence-electron chi connectivity index (χ2n) is 7.43. The molecule has 0 aliphatic heterocycles. The lowest BCUT2D eigenvalue weighted by molar-refractivity contribution is 0.590. The van der Waals surface area contributed by atoms with Gasteiger partial charge in [0.05, 0.1) is 23.3 Å². The van der Waals surface area contributed by atoms with Crippen molar-refractivity contribution in [2.24, 2.45) is 0 Å². The van der Waals surface area contributed by atoms with Gasteiger partial charge in [-0.05, 0) is 63.6 Å². The highest BCUT2D eigenvalue weighted by molar-refractivity contribution is 5.75. The summed E-state index contributed by atoms with van der Waals surface area (Å²) in [6, 6.07) is 26.2. The van der Waals surface area contributed by atoms with E-state index in [1.54, 1.807) is 0 Å². The van der Waals surface area contributed by atoms with Crippen LogP contribution in [0.2, 0.25) is 0 Å². The highest BCUT2D eigenvalue weighted by Gasteiger charge is 2.16. The molecule has 0 saturated carbocycles. The molecule has 0 unspecified atom stereocenters. The van der Waals surface area contributed by atoms with Crippen LogP contribution in [-0.4, -0.2) is 0 Å². The Morgan fingerprint density at radius 2 is 1.08 bits per heavy atom. The molecule has 3 aromatic rings. The number of nitriles is 2. The summed E-state index contributed by atoms with van der Waals surface area (Å²) >= 11 is 0. The number of rotatable bonds is 2. The van der Waals surface area contributed by atoms with E-state index < -0.39 is 0 Å². The summed E-state index contributed by atoms with van der Waals surface area (Å²) in [4.78, 5) is 0. The van der Waals surface area contributed by atoms with Crippen LogP contribution in [0.5, 0.6) is 0 Å². The predicted octanol–water partition coefficient (Wildman–Crippen LogP) is 6.06. The summed E-state index contributed by atoms with van der Waals surface area (Å²) in [7, 11) is 0. The zero-order valence-electron chi connectivity index (χ0n) is 15.2. The van der Waals surface area contributed by atoms with Gasteiger partial charge in [0.25, 0.3) is 0 Å². The Morgan fingerprint density at radius 3 is 1.46 bits per heavy atom. The maximum atomic E-state index is 9.20. The van der Waals surface area contributed by atoms with Gasteiger partial charge in [-0.1, -0.05) is 57.2 Å². The summed E-state index contributed by atoms with van der Waals surface area (Å²) in [5.41, 5.74) is 6.70. The van der Waals surface area contributed by atoms with Gasteiger partial charge < -0.3 is 0 Å². The summed E-state index contributed by atoms with van der Waals surface area (Å²) in [6.07, 6.45) is 0. The van der Waals surface area contributed by atoms with E-state index in [4.69, 9.17) is 0 Å². The largest absolute Gasteiger partial charge is 0.192 e. The topological polar surface area (TPSA) is 47.6 Å². The molecular formula is C24H20N2. The third-order valence-corrected chi connectivity index (χ3v) is 4.45. The molecule has 2 nitrogen and oxygen atoms in total. The fraction of sp³-hybridized carbons (Fsp3) is 0.167. The lowest BCUT2D eigenvalue weighted by Crippen LogP contribution is -2.11. The molecule has 0 radical (unpaired) electrons. The van der Waals surface area contributed by atoms with Crippen molar-refractivity contribution in [3.05, 3.63) is 83.4 Å². The molecule has 0 aromatic heterocycles. The van der Waals surface area contributed by atoms with Gasteiger partial charge >= 0.3 is 0 Å². The van der Waals surface area contributed by atoms with E-state index in [0.29, 0.717) is 11.1 Å². The van der Waals surface area contributed by atoms with Gasteiger partial charge in [0.15, 0.2) is 0 Å². The highest BCUT2D eigenvalue weighted by Crippen LogP contribution is 2.33. The lowest BCUT2D eigenvalue weighted by Gasteiger charge is -2.22. The summed E-state index contributed by atoms with van der Waals surface area (Å²) in [6.45, 7) is 6.56. The van der Waals surface area contributed by atoms with Crippen LogP contribution in [0, 0.1) is 22.7 Å². The smallest absolute Gasteiger partial charge is 0.0991 e. The van der Waals surface area contributed by atoms with Gasteiger partial charge in [0, 0.05) is 0 Å².